The first kappa shape index (κ1) is 26.0. The van der Waals surface area contributed by atoms with Gasteiger partial charge in [-0.3, -0.25) is 14.2 Å². The Labute approximate surface area is 217 Å². The maximum atomic E-state index is 13.4. The number of hydrogen-bond acceptors (Lipinski definition) is 5. The van der Waals surface area contributed by atoms with E-state index in [1.165, 1.54) is 27.7 Å². The maximum Gasteiger partial charge on any atom is 0.416 e. The SMILES string of the molecule is C=CCn1c(SCCC(=O)Nc2cc(C(F)(F)F)ccc2Cl)nc2scc(-c3ccccc3)c2c1=O. The average Bonchev–Trinajstić information content (AvgIpc) is 3.27. The molecule has 186 valence electrons. The Morgan fingerprint density at radius 1 is 1.22 bits per heavy atom. The summed E-state index contributed by atoms with van der Waals surface area (Å²) in [5.74, 6) is -0.265. The number of nitrogens with zero attached hydrogens (tertiary/aromatic N) is 2. The van der Waals surface area contributed by atoms with E-state index in [0.29, 0.717) is 15.4 Å². The van der Waals surface area contributed by atoms with Crippen molar-refractivity contribution in [3.8, 4) is 11.1 Å². The number of rotatable bonds is 8. The molecule has 0 atom stereocenters. The lowest BCUT2D eigenvalue weighted by atomic mass is 10.1. The van der Waals surface area contributed by atoms with Crippen molar-refractivity contribution in [3.63, 3.8) is 0 Å². The van der Waals surface area contributed by atoms with Crippen LogP contribution in [0.4, 0.5) is 18.9 Å². The zero-order valence-electron chi connectivity index (χ0n) is 18.6. The van der Waals surface area contributed by atoms with Gasteiger partial charge in [0.15, 0.2) is 5.16 Å². The van der Waals surface area contributed by atoms with Gasteiger partial charge in [0.25, 0.3) is 5.56 Å². The Morgan fingerprint density at radius 2 is 1.97 bits per heavy atom. The standard InChI is InChI=1S/C25H19ClF3N3O2S2/c1-2-11-32-23(34)21-17(15-6-4-3-5-7-15)14-36-22(21)31-24(32)35-12-10-20(33)30-19-13-16(25(27,28)29)8-9-18(19)26/h2-9,13-14H,1,10-12H2,(H,30,33). The van der Waals surface area contributed by atoms with Crippen LogP contribution in [0.5, 0.6) is 0 Å². The molecule has 36 heavy (non-hydrogen) atoms. The zero-order chi connectivity index (χ0) is 25.9. The fourth-order valence-corrected chi connectivity index (χ4v) is 5.58. The number of nitrogens with one attached hydrogen (secondary N) is 1. The maximum absolute atomic E-state index is 13.4. The van der Waals surface area contributed by atoms with Crippen molar-refractivity contribution in [2.24, 2.45) is 0 Å². The van der Waals surface area contributed by atoms with Crippen LogP contribution >= 0.6 is 34.7 Å². The van der Waals surface area contributed by atoms with Gasteiger partial charge in [-0.05, 0) is 23.8 Å². The topological polar surface area (TPSA) is 64.0 Å². The lowest BCUT2D eigenvalue weighted by Gasteiger charge is -2.12. The number of alkyl halides is 3. The minimum atomic E-state index is -4.55. The molecule has 0 spiro atoms. The molecule has 0 aliphatic rings. The fraction of sp³-hybridized carbons (Fsp3) is 0.160. The molecule has 2 heterocycles. The van der Waals surface area contributed by atoms with E-state index in [9.17, 15) is 22.8 Å². The normalized spacial score (nSPS) is 11.6. The van der Waals surface area contributed by atoms with Crippen LogP contribution in [-0.2, 0) is 17.5 Å². The van der Waals surface area contributed by atoms with Gasteiger partial charge in [0, 0.05) is 29.7 Å². The minimum absolute atomic E-state index is 0.00265. The Balaban J connectivity index is 1.52. The van der Waals surface area contributed by atoms with E-state index in [-0.39, 0.29) is 35.0 Å². The van der Waals surface area contributed by atoms with Crippen molar-refractivity contribution in [1.29, 1.82) is 0 Å². The number of anilines is 1. The van der Waals surface area contributed by atoms with Gasteiger partial charge in [-0.15, -0.1) is 17.9 Å². The van der Waals surface area contributed by atoms with Crippen molar-refractivity contribution in [1.82, 2.24) is 9.55 Å². The predicted octanol–water partition coefficient (Wildman–Crippen LogP) is 7.10. The van der Waals surface area contributed by atoms with Crippen LogP contribution in [0.3, 0.4) is 0 Å². The third kappa shape index (κ3) is 5.66. The highest BCUT2D eigenvalue weighted by Crippen LogP contribution is 2.34. The highest BCUT2D eigenvalue weighted by molar-refractivity contribution is 7.99. The molecular weight excluding hydrogens is 531 g/mol. The smallest absolute Gasteiger partial charge is 0.325 e. The van der Waals surface area contributed by atoms with Gasteiger partial charge in [-0.25, -0.2) is 4.98 Å². The summed E-state index contributed by atoms with van der Waals surface area (Å²) >= 11 is 8.52. The van der Waals surface area contributed by atoms with E-state index in [1.807, 2.05) is 35.7 Å². The van der Waals surface area contributed by atoms with Crippen LogP contribution in [-0.4, -0.2) is 21.2 Å². The fourth-order valence-electron chi connectivity index (χ4n) is 3.48. The number of fused-ring (bicyclic) bond motifs is 1. The third-order valence-corrected chi connectivity index (χ3v) is 7.36. The second kappa shape index (κ2) is 10.9. The molecule has 1 amide bonds. The highest BCUT2D eigenvalue weighted by Gasteiger charge is 2.31. The van der Waals surface area contributed by atoms with Gasteiger partial charge in [-0.1, -0.05) is 59.8 Å². The van der Waals surface area contributed by atoms with Crippen LogP contribution < -0.4 is 10.9 Å². The molecule has 0 aliphatic heterocycles. The van der Waals surface area contributed by atoms with Crippen LogP contribution in [0, 0.1) is 0 Å². The Morgan fingerprint density at radius 3 is 2.67 bits per heavy atom. The second-order valence-corrected chi connectivity index (χ2v) is 9.96. The molecule has 0 aliphatic carbocycles. The van der Waals surface area contributed by atoms with Gasteiger partial charge in [0.1, 0.15) is 4.83 Å². The van der Waals surface area contributed by atoms with Gasteiger partial charge < -0.3 is 5.32 Å². The number of thiophene rings is 1. The van der Waals surface area contributed by atoms with Gasteiger partial charge >= 0.3 is 6.18 Å². The van der Waals surface area contributed by atoms with Crippen molar-refractivity contribution in [3.05, 3.63) is 87.5 Å². The van der Waals surface area contributed by atoms with E-state index in [2.05, 4.69) is 16.9 Å². The van der Waals surface area contributed by atoms with Crippen molar-refractivity contribution in [2.45, 2.75) is 24.3 Å². The first-order valence-electron chi connectivity index (χ1n) is 10.7. The highest BCUT2D eigenvalue weighted by atomic mass is 35.5. The molecule has 5 nitrogen and oxygen atoms in total. The number of carbonyl (C=O) groups excluding carboxylic acids is 1. The predicted molar refractivity (Wildman–Crippen MR) is 140 cm³/mol. The van der Waals surface area contributed by atoms with E-state index in [1.54, 1.807) is 6.08 Å². The summed E-state index contributed by atoms with van der Waals surface area (Å²) in [5.41, 5.74) is 0.491. The Bertz CT molecular complexity index is 1480. The van der Waals surface area contributed by atoms with Crippen molar-refractivity contribution >= 4 is 56.5 Å². The zero-order valence-corrected chi connectivity index (χ0v) is 21.0. The molecule has 0 saturated carbocycles. The van der Waals surface area contributed by atoms with Crippen molar-refractivity contribution in [2.75, 3.05) is 11.1 Å². The van der Waals surface area contributed by atoms with Gasteiger partial charge in [0.05, 0.1) is 21.7 Å². The van der Waals surface area contributed by atoms with Gasteiger partial charge in [0.2, 0.25) is 5.91 Å². The Hall–Kier alpha value is -3.08. The summed E-state index contributed by atoms with van der Waals surface area (Å²) in [5, 5.41) is 5.27. The molecule has 11 heteroatoms. The number of thioether (sulfide) groups is 1. The lowest BCUT2D eigenvalue weighted by molar-refractivity contribution is -0.137. The van der Waals surface area contributed by atoms with Crippen LogP contribution in [0.25, 0.3) is 21.3 Å². The molecule has 2 aromatic heterocycles. The van der Waals surface area contributed by atoms with Gasteiger partial charge in [-0.2, -0.15) is 13.2 Å². The van der Waals surface area contributed by atoms with Crippen LogP contribution in [0.1, 0.15) is 12.0 Å². The van der Waals surface area contributed by atoms with Crippen LogP contribution in [0.15, 0.2) is 76.5 Å². The number of hydrogen-bond donors (Lipinski definition) is 1. The molecule has 0 bridgehead atoms. The largest absolute Gasteiger partial charge is 0.416 e. The summed E-state index contributed by atoms with van der Waals surface area (Å²) in [6.07, 6.45) is -2.99. The Kier molecular flexibility index (Phi) is 7.87. The first-order valence-corrected chi connectivity index (χ1v) is 12.9. The minimum Gasteiger partial charge on any atom is -0.325 e. The van der Waals surface area contributed by atoms with E-state index >= 15 is 0 Å². The summed E-state index contributed by atoms with van der Waals surface area (Å²) in [7, 11) is 0. The average molecular weight is 550 g/mol. The first-order chi connectivity index (χ1) is 17.2. The summed E-state index contributed by atoms with van der Waals surface area (Å²) in [4.78, 5) is 31.0. The molecular formula is C25H19ClF3N3O2S2. The molecule has 0 unspecified atom stereocenters. The van der Waals surface area contributed by atoms with Crippen molar-refractivity contribution < 1.29 is 18.0 Å². The van der Waals surface area contributed by atoms with E-state index < -0.39 is 17.6 Å². The number of halogens is 4. The van der Waals surface area contributed by atoms with Crippen LogP contribution in [0.2, 0.25) is 5.02 Å². The number of aromatic nitrogens is 2. The summed E-state index contributed by atoms with van der Waals surface area (Å²) in [6, 6.07) is 12.3. The number of carbonyl (C=O) groups is 1. The van der Waals surface area contributed by atoms with E-state index in [0.717, 1.165) is 29.3 Å². The quantitative estimate of drug-likeness (QED) is 0.145. The molecule has 0 radical (unpaired) electrons. The third-order valence-electron chi connectivity index (χ3n) is 5.18. The molecule has 4 rings (SSSR count). The molecule has 4 aromatic rings. The number of allylic oxidation sites excluding steroid dienone is 1. The molecule has 0 saturated heterocycles. The molecule has 1 N–H and O–H groups in total. The summed E-state index contributed by atoms with van der Waals surface area (Å²) in [6.45, 7) is 3.96. The second-order valence-electron chi connectivity index (χ2n) is 7.63. The molecule has 2 aromatic carbocycles. The summed E-state index contributed by atoms with van der Waals surface area (Å²) < 4.78 is 40.4. The monoisotopic (exact) mass is 549 g/mol. The molecule has 0 fully saturated rings. The van der Waals surface area contributed by atoms with E-state index in [4.69, 9.17) is 11.6 Å². The number of amides is 1. The number of benzene rings is 2. The lowest BCUT2D eigenvalue weighted by Crippen LogP contribution is -2.23.